The number of aryl methyl sites for hydroxylation is 1. The summed E-state index contributed by atoms with van der Waals surface area (Å²) < 4.78 is 24.5. The van der Waals surface area contributed by atoms with Gasteiger partial charge in [0.1, 0.15) is 5.82 Å². The second-order valence-corrected chi connectivity index (χ2v) is 8.13. The molecule has 0 aliphatic rings. The Labute approximate surface area is 127 Å². The van der Waals surface area contributed by atoms with E-state index in [1.165, 1.54) is 0 Å². The van der Waals surface area contributed by atoms with Gasteiger partial charge >= 0.3 is 0 Å². The molecule has 0 aromatic carbocycles. The number of anilines is 1. The van der Waals surface area contributed by atoms with Crippen molar-refractivity contribution in [3.8, 4) is 0 Å². The largest absolute Gasteiger partial charge is 0.364 e. The zero-order valence-corrected chi connectivity index (χ0v) is 13.4. The van der Waals surface area contributed by atoms with Crippen molar-refractivity contribution in [1.82, 2.24) is 9.78 Å². The fourth-order valence-electron chi connectivity index (χ4n) is 1.58. The number of halogens is 1. The van der Waals surface area contributed by atoms with Crippen LogP contribution in [0.25, 0.3) is 0 Å². The SMILES string of the molecule is CCS(=O)(=O)CCn1ccc(NCc2sccc2Cl)n1. The third kappa shape index (κ3) is 4.22. The molecule has 0 saturated heterocycles. The topological polar surface area (TPSA) is 64.0 Å². The highest BCUT2D eigenvalue weighted by Gasteiger charge is 2.08. The van der Waals surface area contributed by atoms with E-state index in [0.29, 0.717) is 18.9 Å². The lowest BCUT2D eigenvalue weighted by Crippen LogP contribution is -2.15. The number of nitrogens with one attached hydrogen (secondary N) is 1. The van der Waals surface area contributed by atoms with Gasteiger partial charge in [-0.25, -0.2) is 8.42 Å². The fraction of sp³-hybridized carbons (Fsp3) is 0.417. The molecule has 2 aromatic heterocycles. The minimum Gasteiger partial charge on any atom is -0.364 e. The molecule has 110 valence electrons. The third-order valence-electron chi connectivity index (χ3n) is 2.83. The lowest BCUT2D eigenvalue weighted by molar-refractivity contribution is 0.582. The summed E-state index contributed by atoms with van der Waals surface area (Å²) in [6.45, 7) is 2.63. The highest BCUT2D eigenvalue weighted by molar-refractivity contribution is 7.91. The molecular weight excluding hydrogens is 318 g/mol. The molecule has 0 saturated carbocycles. The molecular formula is C12H16ClN3O2S2. The van der Waals surface area contributed by atoms with Gasteiger partial charge in [-0.3, -0.25) is 4.68 Å². The monoisotopic (exact) mass is 333 g/mol. The molecule has 2 aromatic rings. The molecule has 0 unspecified atom stereocenters. The van der Waals surface area contributed by atoms with Crippen LogP contribution in [0.3, 0.4) is 0 Å². The number of aromatic nitrogens is 2. The summed E-state index contributed by atoms with van der Waals surface area (Å²) in [5.41, 5.74) is 0. The number of hydrogen-bond donors (Lipinski definition) is 1. The molecule has 2 rings (SSSR count). The van der Waals surface area contributed by atoms with Crippen LogP contribution in [0.1, 0.15) is 11.8 Å². The van der Waals surface area contributed by atoms with Crippen LogP contribution in [0.15, 0.2) is 23.7 Å². The second kappa shape index (κ2) is 6.60. The van der Waals surface area contributed by atoms with E-state index >= 15 is 0 Å². The van der Waals surface area contributed by atoms with Crippen molar-refractivity contribution in [3.05, 3.63) is 33.6 Å². The Morgan fingerprint density at radius 2 is 2.25 bits per heavy atom. The van der Waals surface area contributed by atoms with Crippen molar-refractivity contribution >= 4 is 38.6 Å². The van der Waals surface area contributed by atoms with Crippen LogP contribution in [0.2, 0.25) is 5.02 Å². The molecule has 0 aliphatic carbocycles. The summed E-state index contributed by atoms with van der Waals surface area (Å²) in [5.74, 6) is 0.987. The van der Waals surface area contributed by atoms with Gasteiger partial charge in [0.05, 0.1) is 23.9 Å². The minimum absolute atomic E-state index is 0.112. The molecule has 0 amide bonds. The van der Waals surface area contributed by atoms with Gasteiger partial charge in [-0.05, 0) is 11.4 Å². The van der Waals surface area contributed by atoms with Gasteiger partial charge in [0.25, 0.3) is 0 Å². The van der Waals surface area contributed by atoms with Gasteiger partial charge in [-0.1, -0.05) is 18.5 Å². The Hall–Kier alpha value is -1.05. The first-order valence-corrected chi connectivity index (χ1v) is 9.27. The summed E-state index contributed by atoms with van der Waals surface area (Å²) in [6.07, 6.45) is 1.77. The molecule has 0 radical (unpaired) electrons. The predicted molar refractivity (Wildman–Crippen MR) is 83.2 cm³/mol. The van der Waals surface area contributed by atoms with Crippen LogP contribution in [0.5, 0.6) is 0 Å². The van der Waals surface area contributed by atoms with Crippen molar-refractivity contribution in [1.29, 1.82) is 0 Å². The number of hydrogen-bond acceptors (Lipinski definition) is 5. The van der Waals surface area contributed by atoms with Crippen LogP contribution < -0.4 is 5.32 Å². The van der Waals surface area contributed by atoms with E-state index < -0.39 is 9.84 Å². The van der Waals surface area contributed by atoms with E-state index in [1.54, 1.807) is 29.1 Å². The molecule has 0 spiro atoms. The Bertz CT molecular complexity index is 664. The number of nitrogens with zero attached hydrogens (tertiary/aromatic N) is 2. The standard InChI is InChI=1S/C12H16ClN3O2S2/c1-2-20(17,18)8-6-16-5-3-12(15-16)14-9-11-10(13)4-7-19-11/h3-5,7H,2,6,8-9H2,1H3,(H,14,15). The Kier molecular flexibility index (Phi) is 5.06. The van der Waals surface area contributed by atoms with E-state index in [9.17, 15) is 8.42 Å². The molecule has 8 heteroatoms. The van der Waals surface area contributed by atoms with Gasteiger partial charge in [0.15, 0.2) is 9.84 Å². The maximum atomic E-state index is 11.4. The maximum absolute atomic E-state index is 11.4. The summed E-state index contributed by atoms with van der Waals surface area (Å²) in [6, 6.07) is 3.68. The Morgan fingerprint density at radius 3 is 2.90 bits per heavy atom. The minimum atomic E-state index is -2.96. The van der Waals surface area contributed by atoms with E-state index in [-0.39, 0.29) is 11.5 Å². The van der Waals surface area contributed by atoms with Crippen molar-refractivity contribution in [2.24, 2.45) is 0 Å². The summed E-state index contributed by atoms with van der Waals surface area (Å²) in [4.78, 5) is 1.05. The van der Waals surface area contributed by atoms with Crippen molar-refractivity contribution in [2.45, 2.75) is 20.0 Å². The first-order chi connectivity index (χ1) is 9.50. The van der Waals surface area contributed by atoms with Crippen molar-refractivity contribution in [2.75, 3.05) is 16.8 Å². The zero-order chi connectivity index (χ0) is 14.6. The van der Waals surface area contributed by atoms with E-state index in [4.69, 9.17) is 11.6 Å². The van der Waals surface area contributed by atoms with Crippen LogP contribution >= 0.6 is 22.9 Å². The first kappa shape index (κ1) is 15.3. The smallest absolute Gasteiger partial charge is 0.151 e. The highest BCUT2D eigenvalue weighted by Crippen LogP contribution is 2.22. The fourth-order valence-corrected chi connectivity index (χ4v) is 3.38. The van der Waals surface area contributed by atoms with Crippen LogP contribution in [-0.4, -0.2) is 29.7 Å². The molecule has 0 aliphatic heterocycles. The van der Waals surface area contributed by atoms with Crippen molar-refractivity contribution < 1.29 is 8.42 Å². The molecule has 5 nitrogen and oxygen atoms in total. The van der Waals surface area contributed by atoms with Crippen molar-refractivity contribution in [3.63, 3.8) is 0 Å². The van der Waals surface area contributed by atoms with Gasteiger partial charge in [0, 0.05) is 22.9 Å². The van der Waals surface area contributed by atoms with E-state index in [1.807, 2.05) is 17.5 Å². The van der Waals surface area contributed by atoms with E-state index in [0.717, 1.165) is 9.90 Å². The normalized spacial score (nSPS) is 11.7. The van der Waals surface area contributed by atoms with Crippen LogP contribution in [-0.2, 0) is 22.9 Å². The number of rotatable bonds is 7. The Morgan fingerprint density at radius 1 is 1.45 bits per heavy atom. The average molecular weight is 334 g/mol. The van der Waals surface area contributed by atoms with Gasteiger partial charge in [-0.2, -0.15) is 5.10 Å². The quantitative estimate of drug-likeness (QED) is 0.846. The maximum Gasteiger partial charge on any atom is 0.151 e. The van der Waals surface area contributed by atoms with Crippen LogP contribution in [0, 0.1) is 0 Å². The summed E-state index contributed by atoms with van der Waals surface area (Å²) in [7, 11) is -2.96. The second-order valence-electron chi connectivity index (χ2n) is 4.25. The lowest BCUT2D eigenvalue weighted by atomic mass is 10.4. The lowest BCUT2D eigenvalue weighted by Gasteiger charge is -2.03. The molecule has 1 N–H and O–H groups in total. The van der Waals surface area contributed by atoms with Crippen LogP contribution in [0.4, 0.5) is 5.82 Å². The van der Waals surface area contributed by atoms with Gasteiger partial charge in [-0.15, -0.1) is 11.3 Å². The predicted octanol–water partition coefficient (Wildman–Crippen LogP) is 2.64. The molecule has 0 fully saturated rings. The summed E-state index contributed by atoms with van der Waals surface area (Å²) in [5, 5.41) is 10.1. The van der Waals surface area contributed by atoms with E-state index in [2.05, 4.69) is 10.4 Å². The third-order valence-corrected chi connectivity index (χ3v) is 5.90. The van der Waals surface area contributed by atoms with Gasteiger partial charge in [0.2, 0.25) is 0 Å². The molecule has 2 heterocycles. The van der Waals surface area contributed by atoms with Gasteiger partial charge < -0.3 is 5.32 Å². The molecule has 20 heavy (non-hydrogen) atoms. The average Bonchev–Trinajstić information content (AvgIpc) is 3.03. The first-order valence-electron chi connectivity index (χ1n) is 6.20. The molecule has 0 atom stereocenters. The zero-order valence-electron chi connectivity index (χ0n) is 11.0. The Balaban J connectivity index is 1.88. The number of thiophene rings is 1. The molecule has 0 bridgehead atoms. The highest BCUT2D eigenvalue weighted by atomic mass is 35.5. The summed E-state index contributed by atoms with van der Waals surface area (Å²) >= 11 is 7.59. The number of sulfone groups is 1.